The van der Waals surface area contributed by atoms with Crippen LogP contribution in [0.3, 0.4) is 0 Å². The zero-order valence-electron chi connectivity index (χ0n) is 8.83. The van der Waals surface area contributed by atoms with Gasteiger partial charge in [-0.25, -0.2) is 4.98 Å². The highest BCUT2D eigenvalue weighted by atomic mass is 19.4. The van der Waals surface area contributed by atoms with Crippen LogP contribution in [0.2, 0.25) is 0 Å². The summed E-state index contributed by atoms with van der Waals surface area (Å²) < 4.78 is 48.3. The van der Waals surface area contributed by atoms with Gasteiger partial charge in [-0.2, -0.15) is 13.2 Å². The molecule has 0 radical (unpaired) electrons. The van der Waals surface area contributed by atoms with E-state index in [2.05, 4.69) is 4.98 Å². The number of aromatic nitrogens is 1. The third-order valence-corrected chi connectivity index (χ3v) is 2.34. The van der Waals surface area contributed by atoms with E-state index in [4.69, 9.17) is 15.2 Å². The van der Waals surface area contributed by atoms with Crippen LogP contribution in [0.4, 0.5) is 18.9 Å². The molecule has 2 heterocycles. The molecule has 1 fully saturated rings. The highest BCUT2D eigenvalue weighted by Gasteiger charge is 2.36. The van der Waals surface area contributed by atoms with Gasteiger partial charge in [0.15, 0.2) is 0 Å². The lowest BCUT2D eigenvalue weighted by molar-refractivity contribution is -0.139. The Morgan fingerprint density at radius 3 is 2.82 bits per heavy atom. The van der Waals surface area contributed by atoms with Crippen molar-refractivity contribution in [2.24, 2.45) is 0 Å². The topological polar surface area (TPSA) is 57.4 Å². The van der Waals surface area contributed by atoms with Gasteiger partial charge in [0, 0.05) is 6.42 Å². The second-order valence-electron chi connectivity index (χ2n) is 3.72. The fraction of sp³-hybridized carbons (Fsp3) is 0.500. The smallest absolute Gasteiger partial charge is 0.421 e. The summed E-state index contributed by atoms with van der Waals surface area (Å²) >= 11 is 0. The van der Waals surface area contributed by atoms with Crippen LogP contribution in [0.5, 0.6) is 5.88 Å². The maximum atomic E-state index is 12.7. The van der Waals surface area contributed by atoms with E-state index >= 15 is 0 Å². The predicted octanol–water partition coefficient (Wildman–Crippen LogP) is 1.85. The van der Waals surface area contributed by atoms with Crippen LogP contribution in [-0.4, -0.2) is 24.3 Å². The number of nitrogens with zero attached hydrogens (tertiary/aromatic N) is 1. The molecule has 1 aromatic heterocycles. The van der Waals surface area contributed by atoms with E-state index in [0.29, 0.717) is 13.0 Å². The highest BCUT2D eigenvalue weighted by Crippen LogP contribution is 2.36. The molecule has 1 atom stereocenters. The fourth-order valence-electron chi connectivity index (χ4n) is 1.53. The summed E-state index contributed by atoms with van der Waals surface area (Å²) in [4.78, 5) is 3.59. The van der Waals surface area contributed by atoms with Gasteiger partial charge < -0.3 is 15.2 Å². The quantitative estimate of drug-likeness (QED) is 0.867. The lowest BCUT2D eigenvalue weighted by atomic mass is 10.2. The standard InChI is InChI=1S/C10H11F3N2O2/c11-10(12,13)8-3-6(14)4-15-9(8)17-7-1-2-16-5-7/h3-4,7H,1-2,5,14H2. The van der Waals surface area contributed by atoms with Crippen molar-refractivity contribution in [3.63, 3.8) is 0 Å². The van der Waals surface area contributed by atoms with Crippen LogP contribution in [0.1, 0.15) is 12.0 Å². The summed E-state index contributed by atoms with van der Waals surface area (Å²) in [5.41, 5.74) is 4.29. The van der Waals surface area contributed by atoms with Crippen molar-refractivity contribution in [3.8, 4) is 5.88 Å². The Labute approximate surface area is 95.5 Å². The lowest BCUT2D eigenvalue weighted by Gasteiger charge is -2.16. The first-order chi connectivity index (χ1) is 7.97. The summed E-state index contributed by atoms with van der Waals surface area (Å²) in [5.74, 6) is -0.442. The molecular formula is C10H11F3N2O2. The fourth-order valence-corrected chi connectivity index (χ4v) is 1.53. The van der Waals surface area contributed by atoms with Gasteiger partial charge >= 0.3 is 6.18 Å². The largest absolute Gasteiger partial charge is 0.471 e. The molecule has 0 saturated carbocycles. The number of anilines is 1. The van der Waals surface area contributed by atoms with E-state index in [1.807, 2.05) is 0 Å². The van der Waals surface area contributed by atoms with E-state index in [1.165, 1.54) is 0 Å². The molecule has 1 aromatic rings. The molecule has 2 rings (SSSR count). The third-order valence-electron chi connectivity index (χ3n) is 2.34. The molecule has 7 heteroatoms. The van der Waals surface area contributed by atoms with Gasteiger partial charge in [-0.15, -0.1) is 0 Å². The van der Waals surface area contributed by atoms with Crippen LogP contribution in [0.15, 0.2) is 12.3 Å². The lowest BCUT2D eigenvalue weighted by Crippen LogP contribution is -2.19. The molecule has 1 aliphatic heterocycles. The number of ether oxygens (including phenoxy) is 2. The van der Waals surface area contributed by atoms with Crippen LogP contribution < -0.4 is 10.5 Å². The van der Waals surface area contributed by atoms with Crippen LogP contribution in [-0.2, 0) is 10.9 Å². The molecule has 0 aromatic carbocycles. The van der Waals surface area contributed by atoms with Crippen molar-refractivity contribution >= 4 is 5.69 Å². The second-order valence-corrected chi connectivity index (χ2v) is 3.72. The number of alkyl halides is 3. The van der Waals surface area contributed by atoms with Crippen molar-refractivity contribution in [2.75, 3.05) is 18.9 Å². The van der Waals surface area contributed by atoms with Gasteiger partial charge in [-0.3, -0.25) is 0 Å². The first kappa shape index (κ1) is 12.0. The number of halogens is 3. The Bertz CT molecular complexity index is 403. The summed E-state index contributed by atoms with van der Waals surface area (Å²) in [6.07, 6.45) is -3.21. The van der Waals surface area contributed by atoms with Crippen LogP contribution >= 0.6 is 0 Å². The molecule has 94 valence electrons. The van der Waals surface area contributed by atoms with E-state index in [-0.39, 0.29) is 18.4 Å². The molecular weight excluding hydrogens is 237 g/mol. The number of rotatable bonds is 2. The zero-order chi connectivity index (χ0) is 12.5. The number of pyridine rings is 1. The number of hydrogen-bond acceptors (Lipinski definition) is 4. The molecule has 0 bridgehead atoms. The van der Waals surface area contributed by atoms with Gasteiger partial charge in [0.2, 0.25) is 5.88 Å². The van der Waals surface area contributed by atoms with Gasteiger partial charge in [-0.05, 0) is 6.07 Å². The van der Waals surface area contributed by atoms with Crippen molar-refractivity contribution in [1.29, 1.82) is 0 Å². The number of hydrogen-bond donors (Lipinski definition) is 1. The van der Waals surface area contributed by atoms with Gasteiger partial charge in [-0.1, -0.05) is 0 Å². The Hall–Kier alpha value is -1.50. The molecule has 1 aliphatic rings. The minimum absolute atomic E-state index is 0.0488. The van der Waals surface area contributed by atoms with E-state index in [1.54, 1.807) is 0 Å². The molecule has 1 unspecified atom stereocenters. The van der Waals surface area contributed by atoms with Crippen LogP contribution in [0, 0.1) is 0 Å². The maximum absolute atomic E-state index is 12.7. The first-order valence-corrected chi connectivity index (χ1v) is 5.04. The summed E-state index contributed by atoms with van der Waals surface area (Å²) in [6, 6.07) is 0.818. The first-order valence-electron chi connectivity index (χ1n) is 5.04. The Morgan fingerprint density at radius 1 is 1.47 bits per heavy atom. The predicted molar refractivity (Wildman–Crippen MR) is 53.5 cm³/mol. The van der Waals surface area contributed by atoms with E-state index < -0.39 is 17.6 Å². The average molecular weight is 248 g/mol. The second kappa shape index (κ2) is 4.40. The van der Waals surface area contributed by atoms with Crippen molar-refractivity contribution < 1.29 is 22.6 Å². The van der Waals surface area contributed by atoms with Crippen LogP contribution in [0.25, 0.3) is 0 Å². The summed E-state index contributed by atoms with van der Waals surface area (Å²) in [7, 11) is 0. The molecule has 0 spiro atoms. The Balaban J connectivity index is 2.25. The molecule has 0 aliphatic carbocycles. The van der Waals surface area contributed by atoms with Gasteiger partial charge in [0.25, 0.3) is 0 Å². The molecule has 2 N–H and O–H groups in total. The monoisotopic (exact) mass is 248 g/mol. The SMILES string of the molecule is Nc1cnc(OC2CCOC2)c(C(F)(F)F)c1. The average Bonchev–Trinajstić information content (AvgIpc) is 2.72. The molecule has 0 amide bonds. The van der Waals surface area contributed by atoms with Crippen molar-refractivity contribution in [3.05, 3.63) is 17.8 Å². The van der Waals surface area contributed by atoms with Gasteiger partial charge in [0.1, 0.15) is 11.7 Å². The minimum Gasteiger partial charge on any atom is -0.471 e. The third kappa shape index (κ3) is 2.79. The Morgan fingerprint density at radius 2 is 2.24 bits per heavy atom. The molecule has 4 nitrogen and oxygen atoms in total. The number of nitrogen functional groups attached to an aromatic ring is 1. The zero-order valence-corrected chi connectivity index (χ0v) is 8.83. The maximum Gasteiger partial charge on any atom is 0.421 e. The Kier molecular flexibility index (Phi) is 3.10. The summed E-state index contributed by atoms with van der Waals surface area (Å²) in [6.45, 7) is 0.768. The van der Waals surface area contributed by atoms with E-state index in [0.717, 1.165) is 12.3 Å². The minimum atomic E-state index is -4.53. The molecule has 1 saturated heterocycles. The summed E-state index contributed by atoms with van der Waals surface area (Å²) in [5, 5.41) is 0. The normalized spacial score (nSPS) is 20.5. The van der Waals surface area contributed by atoms with Crippen molar-refractivity contribution in [2.45, 2.75) is 18.7 Å². The highest BCUT2D eigenvalue weighted by molar-refractivity contribution is 5.43. The van der Waals surface area contributed by atoms with Crippen molar-refractivity contribution in [1.82, 2.24) is 4.98 Å². The van der Waals surface area contributed by atoms with E-state index in [9.17, 15) is 13.2 Å². The number of nitrogens with two attached hydrogens (primary N) is 1. The van der Waals surface area contributed by atoms with Gasteiger partial charge in [0.05, 0.1) is 25.1 Å². The molecule has 17 heavy (non-hydrogen) atoms.